The summed E-state index contributed by atoms with van der Waals surface area (Å²) in [6, 6.07) is 49.9. The van der Waals surface area contributed by atoms with Gasteiger partial charge < -0.3 is 39.0 Å². The molecule has 0 bridgehead atoms. The number of aromatic nitrogens is 6. The molecule has 4 aliphatic heterocycles. The molecule has 0 spiro atoms. The van der Waals surface area contributed by atoms with E-state index < -0.39 is 11.9 Å². The minimum atomic E-state index is -1.21. The molecule has 90 heavy (non-hydrogen) atoms. The minimum Gasteiger partial charge on any atom is -0.485 e. The molecule has 2 fully saturated rings. The lowest BCUT2D eigenvalue weighted by molar-refractivity contribution is 0.0686. The fourth-order valence-corrected chi connectivity index (χ4v) is 18.3. The molecular formula is C70H50N8O8S4. The van der Waals surface area contributed by atoms with Crippen molar-refractivity contribution in [3.63, 3.8) is 0 Å². The Kier molecular flexibility index (Phi) is 12.5. The summed E-state index contributed by atoms with van der Waals surface area (Å²) in [5.41, 5.74) is 16.7. The van der Waals surface area contributed by atoms with Gasteiger partial charge in [0.15, 0.2) is 23.0 Å². The van der Waals surface area contributed by atoms with Gasteiger partial charge >= 0.3 is 11.9 Å². The molecule has 18 rings (SSSR count). The van der Waals surface area contributed by atoms with Crippen molar-refractivity contribution in [2.24, 2.45) is 0 Å². The van der Waals surface area contributed by atoms with Crippen LogP contribution in [-0.2, 0) is 0 Å². The first-order valence-electron chi connectivity index (χ1n) is 30.1. The summed E-state index contributed by atoms with van der Waals surface area (Å²) in [6.07, 6.45) is 7.06. The van der Waals surface area contributed by atoms with Crippen LogP contribution >= 0.6 is 46.1 Å². The Morgan fingerprint density at radius 2 is 0.800 bits per heavy atom. The molecule has 6 aromatic carbocycles. The van der Waals surface area contributed by atoms with E-state index in [-0.39, 0.29) is 60.3 Å². The largest absolute Gasteiger partial charge is 0.485 e. The third kappa shape index (κ3) is 8.40. The molecule has 2 saturated carbocycles. The van der Waals surface area contributed by atoms with Crippen LogP contribution in [0.2, 0.25) is 0 Å². The number of ether oxygens (including phenoxy) is 4. The van der Waals surface area contributed by atoms with Crippen LogP contribution in [0.15, 0.2) is 146 Å². The summed E-state index contributed by atoms with van der Waals surface area (Å²) in [4.78, 5) is 44.1. The number of nitrogens with zero attached hydrogens (tertiary/aromatic N) is 8. The lowest BCUT2D eigenvalue weighted by Gasteiger charge is -2.27. The van der Waals surface area contributed by atoms with E-state index >= 15 is 0 Å². The van der Waals surface area contributed by atoms with Gasteiger partial charge in [-0.1, -0.05) is 97.8 Å². The number of aromatic carboxylic acids is 2. The van der Waals surface area contributed by atoms with E-state index in [1.54, 1.807) is 0 Å². The second kappa shape index (κ2) is 21.0. The number of hydrogen-bond acceptors (Lipinski definition) is 18. The number of fused-ring (bicyclic) bond motifs is 10. The summed E-state index contributed by atoms with van der Waals surface area (Å²) in [7, 11) is 0. The number of rotatable bonds is 11. The van der Waals surface area contributed by atoms with Gasteiger partial charge in [-0.15, -0.1) is 22.7 Å². The monoisotopic (exact) mass is 1260 g/mol. The predicted molar refractivity (Wildman–Crippen MR) is 352 cm³/mol. The molecule has 2 aliphatic carbocycles. The van der Waals surface area contributed by atoms with Gasteiger partial charge in [0, 0.05) is 68.9 Å². The number of carbonyl (C=O) groups is 2. The number of para-hydroxylation sites is 2. The minimum absolute atomic E-state index is 0.0911. The Bertz CT molecular complexity index is 4660. The number of thiophene rings is 2. The summed E-state index contributed by atoms with van der Waals surface area (Å²) < 4.78 is 45.3. The molecule has 6 aromatic heterocycles. The highest BCUT2D eigenvalue weighted by atomic mass is 32.1. The Morgan fingerprint density at radius 3 is 1.21 bits per heavy atom. The van der Waals surface area contributed by atoms with E-state index in [1.165, 1.54) is 106 Å². The SMILES string of the molecule is O=C(O)c1cc(-c2cc(C(=O)O)cc(-c3sc(-c4ccc(-c5ccc6c(c5)N(c5ccccc5)C5CCCC65)c5nsnc45)c4c3OCCO4)n2)nc(-c2sc(-c3ccc(-c4ccc5c(c4)N(c4ccccc4)C4CCCC54)c4nsnc34)c3c2OCCO3)c1. The fourth-order valence-electron chi connectivity index (χ4n) is 14.8. The zero-order chi connectivity index (χ0) is 59.9. The van der Waals surface area contributed by atoms with E-state index in [0.717, 1.165) is 90.5 Å². The van der Waals surface area contributed by atoms with Crippen LogP contribution in [0.4, 0.5) is 22.7 Å². The van der Waals surface area contributed by atoms with Gasteiger partial charge in [0.25, 0.3) is 0 Å². The zero-order valence-corrected chi connectivity index (χ0v) is 51.1. The molecule has 0 radical (unpaired) electrons. The highest BCUT2D eigenvalue weighted by Gasteiger charge is 2.44. The van der Waals surface area contributed by atoms with Gasteiger partial charge in [0.05, 0.1) is 76.9 Å². The average molecular weight is 1260 g/mol. The molecule has 10 heterocycles. The van der Waals surface area contributed by atoms with E-state index in [1.807, 2.05) is 12.1 Å². The number of carboxylic acid groups (broad SMARTS) is 2. The first-order valence-corrected chi connectivity index (χ1v) is 33.2. The van der Waals surface area contributed by atoms with Crippen LogP contribution in [-0.4, -0.2) is 88.1 Å². The van der Waals surface area contributed by atoms with Crippen molar-refractivity contribution >= 4 is 103 Å². The van der Waals surface area contributed by atoms with E-state index in [0.29, 0.717) is 67.7 Å². The van der Waals surface area contributed by atoms with Gasteiger partial charge in [0.2, 0.25) is 0 Å². The second-order valence-electron chi connectivity index (χ2n) is 23.5. The molecule has 20 heteroatoms. The van der Waals surface area contributed by atoms with E-state index in [4.69, 9.17) is 46.4 Å². The van der Waals surface area contributed by atoms with Crippen molar-refractivity contribution in [1.82, 2.24) is 27.5 Å². The molecule has 12 aromatic rings. The summed E-state index contributed by atoms with van der Waals surface area (Å²) in [5.74, 6) is 0.354. The van der Waals surface area contributed by atoms with Crippen LogP contribution in [0, 0.1) is 0 Å². The van der Waals surface area contributed by atoms with Crippen molar-refractivity contribution in [3.05, 3.63) is 168 Å². The van der Waals surface area contributed by atoms with E-state index in [9.17, 15) is 19.8 Å². The maximum absolute atomic E-state index is 13.2. The molecule has 442 valence electrons. The highest BCUT2D eigenvalue weighted by molar-refractivity contribution is 7.20. The molecule has 0 amide bonds. The van der Waals surface area contributed by atoms with Crippen LogP contribution in [0.25, 0.3) is 97.7 Å². The second-order valence-corrected chi connectivity index (χ2v) is 26.6. The third-order valence-corrected chi connectivity index (χ3v) is 22.2. The number of hydrogen-bond donors (Lipinski definition) is 2. The molecule has 4 unspecified atom stereocenters. The topological polar surface area (TPSA) is 195 Å². The maximum atomic E-state index is 13.2. The first kappa shape index (κ1) is 53.4. The van der Waals surface area contributed by atoms with Gasteiger partial charge in [-0.3, -0.25) is 0 Å². The van der Waals surface area contributed by atoms with Gasteiger partial charge in [-0.05, 0) is 109 Å². The normalized spacial score (nSPS) is 18.5. The average Bonchev–Trinajstić information content (AvgIpc) is 1.61. The Labute approximate surface area is 530 Å². The highest BCUT2D eigenvalue weighted by Crippen LogP contribution is 2.59. The van der Waals surface area contributed by atoms with Crippen molar-refractivity contribution in [1.29, 1.82) is 0 Å². The molecule has 6 aliphatic rings. The predicted octanol–water partition coefficient (Wildman–Crippen LogP) is 16.8. The maximum Gasteiger partial charge on any atom is 0.335 e. The molecule has 0 saturated heterocycles. The number of anilines is 4. The van der Waals surface area contributed by atoms with Gasteiger partial charge in [-0.2, -0.15) is 17.5 Å². The number of benzene rings is 6. The van der Waals surface area contributed by atoms with Crippen molar-refractivity contribution in [2.45, 2.75) is 62.4 Å². The first-order chi connectivity index (χ1) is 44.3. The van der Waals surface area contributed by atoms with Crippen LogP contribution in [0.5, 0.6) is 23.0 Å². The number of pyridine rings is 2. The van der Waals surface area contributed by atoms with Crippen molar-refractivity contribution in [3.8, 4) is 98.7 Å². The zero-order valence-electron chi connectivity index (χ0n) is 47.8. The summed E-state index contributed by atoms with van der Waals surface area (Å²) in [6.45, 7) is 1.07. The van der Waals surface area contributed by atoms with Gasteiger partial charge in [0.1, 0.15) is 48.5 Å². The molecule has 2 N–H and O–H groups in total. The van der Waals surface area contributed by atoms with Gasteiger partial charge in [-0.25, -0.2) is 19.6 Å². The lowest BCUT2D eigenvalue weighted by Crippen LogP contribution is -2.26. The summed E-state index contributed by atoms with van der Waals surface area (Å²) in [5, 5.41) is 21.5. The van der Waals surface area contributed by atoms with Crippen molar-refractivity contribution < 1.29 is 38.7 Å². The quantitative estimate of drug-likeness (QED) is 0.124. The summed E-state index contributed by atoms with van der Waals surface area (Å²) >= 11 is 4.99. The van der Waals surface area contributed by atoms with Crippen LogP contribution < -0.4 is 28.7 Å². The smallest absolute Gasteiger partial charge is 0.335 e. The third-order valence-electron chi connectivity index (χ3n) is 18.7. The molecular weight excluding hydrogens is 1210 g/mol. The van der Waals surface area contributed by atoms with Crippen LogP contribution in [0.1, 0.15) is 82.2 Å². The Morgan fingerprint density at radius 1 is 0.422 bits per heavy atom. The number of carboxylic acids is 2. The standard InChI is InChI=1S/C70H50N8O8S4/c79-69(80)37-29-49(71-51(31-37)67-63-61(83-25-27-85-63)65(87-67)47-23-21-41(57-59(47)75-89-73-57)35-17-19-45-43-13-7-15-53(43)77(55(45)33-35)39-9-3-1-4-10-39)50-30-38(70(81)82)32-52(72-50)68-64-62(84-26-28-86-64)66(88-68)48-24-22-42(58-60(48)76-90-74-58)36-18-20-46-44-14-8-16-54(44)78(56(46)34-36)40-11-5-2-6-12-40/h1-6,9-12,17-24,29-34,43-44,53-54H,7-8,13-16,25-28H2,(H,79,80)(H,81,82). The Balaban J connectivity index is 0.712. The fraction of sp³-hybridized carbons (Fsp3) is 0.200. The Hall–Kier alpha value is -9.60. The molecule has 16 nitrogen and oxygen atoms in total. The molecule has 4 atom stereocenters. The van der Waals surface area contributed by atoms with Crippen molar-refractivity contribution in [2.75, 3.05) is 36.2 Å². The van der Waals surface area contributed by atoms with E-state index in [2.05, 4.69) is 119 Å². The van der Waals surface area contributed by atoms with Crippen LogP contribution in [0.3, 0.4) is 0 Å². The lowest BCUT2D eigenvalue weighted by atomic mass is 9.94.